The SMILES string of the molecule is COC(=O)c1cccc(OCC(=O)Nc2c(C(C)C)cccc2C(C)C)c1. The van der Waals surface area contributed by atoms with E-state index >= 15 is 0 Å². The Labute approximate surface area is 160 Å². The first-order valence-corrected chi connectivity index (χ1v) is 9.07. The molecule has 5 heteroatoms. The van der Waals surface area contributed by atoms with Crippen LogP contribution in [0.4, 0.5) is 5.69 Å². The Hall–Kier alpha value is -2.82. The zero-order chi connectivity index (χ0) is 20.0. The van der Waals surface area contributed by atoms with Crippen LogP contribution in [0.15, 0.2) is 42.5 Å². The quantitative estimate of drug-likeness (QED) is 0.716. The van der Waals surface area contributed by atoms with E-state index in [-0.39, 0.29) is 24.3 Å². The lowest BCUT2D eigenvalue weighted by Gasteiger charge is -2.20. The van der Waals surface area contributed by atoms with E-state index in [1.54, 1.807) is 24.3 Å². The van der Waals surface area contributed by atoms with Crippen molar-refractivity contribution in [2.45, 2.75) is 39.5 Å². The first kappa shape index (κ1) is 20.5. The fourth-order valence-electron chi connectivity index (χ4n) is 2.85. The number of para-hydroxylation sites is 1. The molecule has 0 saturated carbocycles. The van der Waals surface area contributed by atoms with Crippen molar-refractivity contribution in [3.63, 3.8) is 0 Å². The largest absolute Gasteiger partial charge is 0.484 e. The standard InChI is InChI=1S/C22H27NO4/c1-14(2)18-10-7-11-19(15(3)4)21(18)23-20(24)13-27-17-9-6-8-16(12-17)22(25)26-5/h6-12,14-15H,13H2,1-5H3,(H,23,24). The molecule has 0 aromatic heterocycles. The van der Waals surface area contributed by atoms with Gasteiger partial charge in [-0.05, 0) is 41.2 Å². The summed E-state index contributed by atoms with van der Waals surface area (Å²) in [6.07, 6.45) is 0. The molecule has 0 heterocycles. The van der Waals surface area contributed by atoms with Crippen LogP contribution in [0.5, 0.6) is 5.75 Å². The lowest BCUT2D eigenvalue weighted by molar-refractivity contribution is -0.118. The Morgan fingerprint density at radius 1 is 0.963 bits per heavy atom. The van der Waals surface area contributed by atoms with Gasteiger partial charge >= 0.3 is 5.97 Å². The summed E-state index contributed by atoms with van der Waals surface area (Å²) in [5.74, 6) is 0.327. The maximum atomic E-state index is 12.5. The third-order valence-corrected chi connectivity index (χ3v) is 4.26. The predicted octanol–water partition coefficient (Wildman–Crippen LogP) is 4.74. The molecule has 0 saturated heterocycles. The summed E-state index contributed by atoms with van der Waals surface area (Å²) in [6, 6.07) is 12.7. The first-order valence-electron chi connectivity index (χ1n) is 9.07. The van der Waals surface area contributed by atoms with Crippen LogP contribution < -0.4 is 10.1 Å². The van der Waals surface area contributed by atoms with Crippen LogP contribution in [0, 0.1) is 0 Å². The number of rotatable bonds is 7. The summed E-state index contributed by atoms with van der Waals surface area (Å²) in [5.41, 5.74) is 3.44. The molecular weight excluding hydrogens is 342 g/mol. The van der Waals surface area contributed by atoms with Crippen LogP contribution in [0.3, 0.4) is 0 Å². The summed E-state index contributed by atoms with van der Waals surface area (Å²) in [4.78, 5) is 24.1. The molecule has 0 aliphatic heterocycles. The molecular formula is C22H27NO4. The minimum absolute atomic E-state index is 0.144. The summed E-state index contributed by atoms with van der Waals surface area (Å²) in [5, 5.41) is 3.01. The number of carbonyl (C=O) groups is 2. The average molecular weight is 369 g/mol. The second-order valence-electron chi connectivity index (χ2n) is 6.98. The van der Waals surface area contributed by atoms with Crippen molar-refractivity contribution >= 4 is 17.6 Å². The molecule has 2 rings (SSSR count). The molecule has 1 N–H and O–H groups in total. The van der Waals surface area contributed by atoms with Gasteiger partial charge in [0.15, 0.2) is 6.61 Å². The molecule has 0 fully saturated rings. The zero-order valence-corrected chi connectivity index (χ0v) is 16.5. The number of methoxy groups -OCH3 is 1. The second-order valence-corrected chi connectivity index (χ2v) is 6.98. The zero-order valence-electron chi connectivity index (χ0n) is 16.5. The average Bonchev–Trinajstić information content (AvgIpc) is 2.65. The van der Waals surface area contributed by atoms with E-state index in [1.165, 1.54) is 7.11 Å². The monoisotopic (exact) mass is 369 g/mol. The number of anilines is 1. The molecule has 27 heavy (non-hydrogen) atoms. The molecule has 2 aromatic rings. The maximum absolute atomic E-state index is 12.5. The van der Waals surface area contributed by atoms with Gasteiger partial charge in [0, 0.05) is 5.69 Å². The van der Waals surface area contributed by atoms with E-state index in [0.29, 0.717) is 11.3 Å². The number of hydrogen-bond acceptors (Lipinski definition) is 4. The Balaban J connectivity index is 2.12. The Morgan fingerprint density at radius 2 is 1.56 bits per heavy atom. The minimum atomic E-state index is -0.447. The number of nitrogens with one attached hydrogen (secondary N) is 1. The Morgan fingerprint density at radius 3 is 2.11 bits per heavy atom. The van der Waals surface area contributed by atoms with Crippen LogP contribution in [-0.4, -0.2) is 25.6 Å². The van der Waals surface area contributed by atoms with E-state index < -0.39 is 5.97 Å². The highest BCUT2D eigenvalue weighted by Gasteiger charge is 2.16. The third-order valence-electron chi connectivity index (χ3n) is 4.26. The minimum Gasteiger partial charge on any atom is -0.484 e. The molecule has 0 aliphatic carbocycles. The molecule has 2 aromatic carbocycles. The van der Waals surface area contributed by atoms with Gasteiger partial charge in [-0.3, -0.25) is 4.79 Å². The molecule has 5 nitrogen and oxygen atoms in total. The van der Waals surface area contributed by atoms with Gasteiger partial charge in [0.05, 0.1) is 12.7 Å². The molecule has 0 unspecified atom stereocenters. The van der Waals surface area contributed by atoms with Crippen molar-refractivity contribution in [2.75, 3.05) is 19.0 Å². The second kappa shape index (κ2) is 9.21. The molecule has 0 aliphatic rings. The highest BCUT2D eigenvalue weighted by molar-refractivity contribution is 5.94. The van der Waals surface area contributed by atoms with E-state index in [0.717, 1.165) is 16.8 Å². The number of ether oxygens (including phenoxy) is 2. The number of esters is 1. The molecule has 0 atom stereocenters. The van der Waals surface area contributed by atoms with E-state index in [1.807, 2.05) is 18.2 Å². The smallest absolute Gasteiger partial charge is 0.337 e. The van der Waals surface area contributed by atoms with Crippen LogP contribution in [0.25, 0.3) is 0 Å². The topological polar surface area (TPSA) is 64.6 Å². The first-order chi connectivity index (χ1) is 12.8. The van der Waals surface area contributed by atoms with Crippen molar-refractivity contribution in [1.82, 2.24) is 0 Å². The van der Waals surface area contributed by atoms with Gasteiger partial charge in [0.2, 0.25) is 0 Å². The van der Waals surface area contributed by atoms with Crippen LogP contribution in [0.1, 0.15) is 61.0 Å². The van der Waals surface area contributed by atoms with E-state index in [4.69, 9.17) is 9.47 Å². The normalized spacial score (nSPS) is 10.8. The van der Waals surface area contributed by atoms with E-state index in [2.05, 4.69) is 33.0 Å². The maximum Gasteiger partial charge on any atom is 0.337 e. The molecule has 0 radical (unpaired) electrons. The van der Waals surface area contributed by atoms with Crippen molar-refractivity contribution in [1.29, 1.82) is 0 Å². The Bertz CT molecular complexity index is 785. The number of amides is 1. The van der Waals surface area contributed by atoms with Gasteiger partial charge in [0.1, 0.15) is 5.75 Å². The Kier molecular flexibility index (Phi) is 6.99. The highest BCUT2D eigenvalue weighted by Crippen LogP contribution is 2.32. The van der Waals surface area contributed by atoms with Crippen molar-refractivity contribution in [3.8, 4) is 5.75 Å². The summed E-state index contributed by atoms with van der Waals surface area (Å²) >= 11 is 0. The fourth-order valence-corrected chi connectivity index (χ4v) is 2.85. The molecule has 0 bridgehead atoms. The fraction of sp³-hybridized carbons (Fsp3) is 0.364. The number of benzene rings is 2. The van der Waals surface area contributed by atoms with Crippen molar-refractivity contribution < 1.29 is 19.1 Å². The van der Waals surface area contributed by atoms with Gasteiger partial charge in [-0.1, -0.05) is 52.0 Å². The van der Waals surface area contributed by atoms with Crippen molar-refractivity contribution in [2.24, 2.45) is 0 Å². The van der Waals surface area contributed by atoms with Crippen LogP contribution >= 0.6 is 0 Å². The molecule has 1 amide bonds. The third kappa shape index (κ3) is 5.33. The van der Waals surface area contributed by atoms with Gasteiger partial charge in [-0.15, -0.1) is 0 Å². The summed E-state index contributed by atoms with van der Waals surface area (Å²) in [6.45, 7) is 8.26. The number of hydrogen-bond donors (Lipinski definition) is 1. The molecule has 0 spiro atoms. The molecule has 144 valence electrons. The van der Waals surface area contributed by atoms with Gasteiger partial charge < -0.3 is 14.8 Å². The summed E-state index contributed by atoms with van der Waals surface area (Å²) < 4.78 is 10.2. The highest BCUT2D eigenvalue weighted by atomic mass is 16.5. The lowest BCUT2D eigenvalue weighted by atomic mass is 9.92. The predicted molar refractivity (Wildman–Crippen MR) is 107 cm³/mol. The van der Waals surface area contributed by atoms with Gasteiger partial charge in [0.25, 0.3) is 5.91 Å². The van der Waals surface area contributed by atoms with E-state index in [9.17, 15) is 9.59 Å². The lowest BCUT2D eigenvalue weighted by Crippen LogP contribution is -2.22. The van der Waals surface area contributed by atoms with Gasteiger partial charge in [-0.25, -0.2) is 4.79 Å². The van der Waals surface area contributed by atoms with Gasteiger partial charge in [-0.2, -0.15) is 0 Å². The van der Waals surface area contributed by atoms with Crippen LogP contribution in [0.2, 0.25) is 0 Å². The van der Waals surface area contributed by atoms with Crippen LogP contribution in [-0.2, 0) is 9.53 Å². The number of carbonyl (C=O) groups excluding carboxylic acids is 2. The van der Waals surface area contributed by atoms with Crippen molar-refractivity contribution in [3.05, 3.63) is 59.2 Å². The summed E-state index contributed by atoms with van der Waals surface area (Å²) in [7, 11) is 1.32.